The summed E-state index contributed by atoms with van der Waals surface area (Å²) in [5, 5.41) is 13.2. The van der Waals surface area contributed by atoms with E-state index in [1.807, 2.05) is 36.4 Å². The summed E-state index contributed by atoms with van der Waals surface area (Å²) in [6.07, 6.45) is 0. The quantitative estimate of drug-likeness (QED) is 0.454. The van der Waals surface area contributed by atoms with Crippen LogP contribution in [-0.4, -0.2) is 12.2 Å². The normalized spacial score (nSPS) is 11.4. The van der Waals surface area contributed by atoms with Crippen molar-refractivity contribution in [1.82, 2.24) is 0 Å². The van der Waals surface area contributed by atoms with E-state index in [0.717, 1.165) is 16.2 Å². The highest BCUT2D eigenvalue weighted by molar-refractivity contribution is 6.15. The largest absolute Gasteiger partial charge is 0.496 e. The van der Waals surface area contributed by atoms with E-state index in [-0.39, 0.29) is 6.61 Å². The third kappa shape index (κ3) is 1.99. The second-order valence-corrected chi connectivity index (χ2v) is 5.43. The lowest BCUT2D eigenvalue weighted by molar-refractivity contribution is 0.281. The van der Waals surface area contributed by atoms with Crippen LogP contribution in [0.25, 0.3) is 32.5 Å². The summed E-state index contributed by atoms with van der Waals surface area (Å²) in [6, 6.07) is 15.1. The van der Waals surface area contributed by atoms with Crippen LogP contribution in [0.4, 0.5) is 0 Å². The van der Waals surface area contributed by atoms with Crippen molar-refractivity contribution in [2.24, 2.45) is 0 Å². The average molecular weight is 306 g/mol. The molecule has 0 unspecified atom stereocenters. The van der Waals surface area contributed by atoms with Crippen LogP contribution in [0.3, 0.4) is 0 Å². The van der Waals surface area contributed by atoms with E-state index in [4.69, 9.17) is 9.15 Å². The van der Waals surface area contributed by atoms with Crippen molar-refractivity contribution in [2.75, 3.05) is 7.11 Å². The molecule has 0 saturated carbocycles. The van der Waals surface area contributed by atoms with Gasteiger partial charge >= 0.3 is 5.63 Å². The summed E-state index contributed by atoms with van der Waals surface area (Å²) in [6.45, 7) is -0.165. The number of aliphatic hydroxyl groups excluding tert-OH is 1. The number of rotatable bonds is 2. The Labute approximate surface area is 131 Å². The van der Waals surface area contributed by atoms with E-state index in [9.17, 15) is 9.90 Å². The molecule has 0 aliphatic rings. The van der Waals surface area contributed by atoms with E-state index >= 15 is 0 Å². The van der Waals surface area contributed by atoms with Crippen LogP contribution in [0.1, 0.15) is 5.56 Å². The van der Waals surface area contributed by atoms with Crippen LogP contribution in [0.2, 0.25) is 0 Å². The number of fused-ring (bicyclic) bond motifs is 5. The van der Waals surface area contributed by atoms with Crippen LogP contribution >= 0.6 is 0 Å². The first kappa shape index (κ1) is 13.8. The van der Waals surface area contributed by atoms with Crippen molar-refractivity contribution in [3.63, 3.8) is 0 Å². The van der Waals surface area contributed by atoms with Crippen molar-refractivity contribution in [3.05, 3.63) is 64.5 Å². The highest BCUT2D eigenvalue weighted by atomic mass is 16.5. The van der Waals surface area contributed by atoms with Gasteiger partial charge in [0.15, 0.2) is 0 Å². The van der Waals surface area contributed by atoms with Gasteiger partial charge in [-0.05, 0) is 29.1 Å². The molecule has 0 bridgehead atoms. The van der Waals surface area contributed by atoms with Crippen molar-refractivity contribution in [1.29, 1.82) is 0 Å². The molecule has 3 aromatic carbocycles. The minimum atomic E-state index is -0.433. The van der Waals surface area contributed by atoms with Gasteiger partial charge in [0.1, 0.15) is 11.3 Å². The van der Waals surface area contributed by atoms with Crippen LogP contribution in [0, 0.1) is 0 Å². The fourth-order valence-corrected chi connectivity index (χ4v) is 3.06. The van der Waals surface area contributed by atoms with Crippen LogP contribution < -0.4 is 10.4 Å². The maximum Gasteiger partial charge on any atom is 0.344 e. The first-order valence-corrected chi connectivity index (χ1v) is 7.29. The van der Waals surface area contributed by atoms with Gasteiger partial charge in [-0.2, -0.15) is 0 Å². The third-order valence-electron chi connectivity index (χ3n) is 4.13. The number of ether oxygens (including phenoxy) is 1. The molecule has 4 aromatic rings. The van der Waals surface area contributed by atoms with Crippen molar-refractivity contribution < 1.29 is 14.3 Å². The van der Waals surface area contributed by atoms with E-state index in [1.165, 1.54) is 0 Å². The maximum absolute atomic E-state index is 12.5. The maximum atomic E-state index is 12.5. The molecule has 1 heterocycles. The lowest BCUT2D eigenvalue weighted by Crippen LogP contribution is -2.03. The van der Waals surface area contributed by atoms with Crippen LogP contribution in [0.5, 0.6) is 5.75 Å². The summed E-state index contributed by atoms with van der Waals surface area (Å²) in [5.41, 5.74) is 0.731. The van der Waals surface area contributed by atoms with Crippen molar-refractivity contribution >= 4 is 32.5 Å². The summed E-state index contributed by atoms with van der Waals surface area (Å²) in [7, 11) is 1.55. The second kappa shape index (κ2) is 5.11. The molecule has 0 amide bonds. The topological polar surface area (TPSA) is 59.7 Å². The Morgan fingerprint density at radius 2 is 1.87 bits per heavy atom. The van der Waals surface area contributed by atoms with Gasteiger partial charge < -0.3 is 14.3 Å². The zero-order chi connectivity index (χ0) is 16.0. The molecular weight excluding hydrogens is 292 g/mol. The lowest BCUT2D eigenvalue weighted by Gasteiger charge is -2.11. The Morgan fingerprint density at radius 1 is 1.04 bits per heavy atom. The number of benzene rings is 3. The molecule has 0 spiro atoms. The fourth-order valence-electron chi connectivity index (χ4n) is 3.06. The number of hydrogen-bond acceptors (Lipinski definition) is 4. The molecular formula is C19H14O4. The second-order valence-electron chi connectivity index (χ2n) is 5.43. The van der Waals surface area contributed by atoms with Crippen molar-refractivity contribution in [2.45, 2.75) is 6.61 Å². The fraction of sp³-hybridized carbons (Fsp3) is 0.105. The monoisotopic (exact) mass is 306 g/mol. The van der Waals surface area contributed by atoms with E-state index in [0.29, 0.717) is 27.7 Å². The summed E-state index contributed by atoms with van der Waals surface area (Å²) < 4.78 is 11.0. The van der Waals surface area contributed by atoms with Crippen molar-refractivity contribution in [3.8, 4) is 5.75 Å². The molecule has 0 aliphatic heterocycles. The molecule has 4 nitrogen and oxygen atoms in total. The molecule has 0 fully saturated rings. The lowest BCUT2D eigenvalue weighted by atomic mass is 10.0. The Balaban J connectivity index is 2.29. The molecule has 23 heavy (non-hydrogen) atoms. The number of methoxy groups -OCH3 is 1. The third-order valence-corrected chi connectivity index (χ3v) is 4.13. The number of hydrogen-bond donors (Lipinski definition) is 1. The molecule has 0 radical (unpaired) electrons. The molecule has 4 rings (SSSR count). The minimum Gasteiger partial charge on any atom is -0.496 e. The van der Waals surface area contributed by atoms with Gasteiger partial charge in [0, 0.05) is 16.2 Å². The van der Waals surface area contributed by atoms with E-state index < -0.39 is 5.63 Å². The molecule has 114 valence electrons. The Hall–Kier alpha value is -2.85. The van der Waals surface area contributed by atoms with Gasteiger partial charge in [-0.25, -0.2) is 4.79 Å². The SMILES string of the molecule is COc1cc(CO)cc2c(=O)oc3c4ccccc4ccc3c12. The Bertz CT molecular complexity index is 1110. The van der Waals surface area contributed by atoms with E-state index in [1.54, 1.807) is 19.2 Å². The van der Waals surface area contributed by atoms with Gasteiger partial charge in [-0.15, -0.1) is 0 Å². The van der Waals surface area contributed by atoms with Gasteiger partial charge in [-0.3, -0.25) is 0 Å². The van der Waals surface area contributed by atoms with Gasteiger partial charge in [0.05, 0.1) is 19.1 Å². The minimum absolute atomic E-state index is 0.165. The predicted molar refractivity (Wildman–Crippen MR) is 90.0 cm³/mol. The molecule has 0 saturated heterocycles. The van der Waals surface area contributed by atoms with Crippen LogP contribution in [0.15, 0.2) is 57.7 Å². The zero-order valence-corrected chi connectivity index (χ0v) is 12.5. The van der Waals surface area contributed by atoms with Gasteiger partial charge in [0.2, 0.25) is 0 Å². The standard InChI is InChI=1S/C19H14O4/c1-22-16-9-11(10-20)8-15-17(16)14-7-6-12-4-2-3-5-13(12)18(14)23-19(15)21/h2-9,20H,10H2,1H3. The Morgan fingerprint density at radius 3 is 2.65 bits per heavy atom. The molecule has 0 atom stereocenters. The first-order valence-electron chi connectivity index (χ1n) is 7.29. The van der Waals surface area contributed by atoms with E-state index in [2.05, 4.69) is 0 Å². The highest BCUT2D eigenvalue weighted by Crippen LogP contribution is 2.35. The molecule has 1 N–H and O–H groups in total. The zero-order valence-electron chi connectivity index (χ0n) is 12.5. The Kier molecular flexibility index (Phi) is 3.06. The van der Waals surface area contributed by atoms with Crippen LogP contribution in [-0.2, 0) is 6.61 Å². The smallest absolute Gasteiger partial charge is 0.344 e. The predicted octanol–water partition coefficient (Wildman–Crippen LogP) is 3.60. The first-order chi connectivity index (χ1) is 11.2. The molecule has 1 aromatic heterocycles. The molecule has 0 aliphatic carbocycles. The highest BCUT2D eigenvalue weighted by Gasteiger charge is 2.15. The summed E-state index contributed by atoms with van der Waals surface area (Å²) in [4.78, 5) is 12.5. The summed E-state index contributed by atoms with van der Waals surface area (Å²) in [5.74, 6) is 0.555. The average Bonchev–Trinajstić information content (AvgIpc) is 2.60. The van der Waals surface area contributed by atoms with Gasteiger partial charge in [0.25, 0.3) is 0 Å². The number of aliphatic hydroxyl groups is 1. The summed E-state index contributed by atoms with van der Waals surface area (Å²) >= 11 is 0. The molecule has 4 heteroatoms. The van der Waals surface area contributed by atoms with Gasteiger partial charge in [-0.1, -0.05) is 30.3 Å².